The number of nitrogens with one attached hydrogen (secondary N) is 1. The normalized spacial score (nSPS) is 10.3. The molecule has 0 saturated carbocycles. The van der Waals surface area contributed by atoms with Gasteiger partial charge in [-0.15, -0.1) is 21.5 Å². The first kappa shape index (κ1) is 14.4. The quantitative estimate of drug-likeness (QED) is 0.906. The zero-order chi connectivity index (χ0) is 14.5. The minimum atomic E-state index is -0.151. The van der Waals surface area contributed by atoms with E-state index in [0.29, 0.717) is 11.5 Å². The molecule has 0 aliphatic carbocycles. The van der Waals surface area contributed by atoms with Gasteiger partial charge in [0.15, 0.2) is 5.69 Å². The van der Waals surface area contributed by atoms with Crippen LogP contribution in [0.3, 0.4) is 0 Å². The Labute approximate surface area is 121 Å². The molecule has 0 fully saturated rings. The van der Waals surface area contributed by atoms with Crippen molar-refractivity contribution in [3.63, 3.8) is 0 Å². The summed E-state index contributed by atoms with van der Waals surface area (Å²) in [6.07, 6.45) is 0.838. The van der Waals surface area contributed by atoms with Crippen LogP contribution >= 0.6 is 11.3 Å². The molecule has 0 bridgehead atoms. The number of carbonyl (C=O) groups is 1. The number of hydrogen-bond acceptors (Lipinski definition) is 6. The number of thiazole rings is 1. The highest BCUT2D eigenvalue weighted by Gasteiger charge is 2.09. The highest BCUT2D eigenvalue weighted by molar-refractivity contribution is 7.09. The Hall–Kier alpha value is -2.02. The van der Waals surface area contributed by atoms with E-state index >= 15 is 0 Å². The number of aryl methyl sites for hydroxylation is 1. The minimum Gasteiger partial charge on any atom is -0.368 e. The van der Waals surface area contributed by atoms with Crippen molar-refractivity contribution in [1.29, 1.82) is 0 Å². The van der Waals surface area contributed by atoms with Crippen LogP contribution in [0.1, 0.15) is 21.2 Å². The van der Waals surface area contributed by atoms with Crippen molar-refractivity contribution in [3.8, 4) is 0 Å². The number of carbonyl (C=O) groups excluding carboxylic acids is 1. The fourth-order valence-corrected chi connectivity index (χ4v) is 2.26. The number of aromatic nitrogens is 3. The van der Waals surface area contributed by atoms with E-state index in [9.17, 15) is 4.79 Å². The summed E-state index contributed by atoms with van der Waals surface area (Å²) in [4.78, 5) is 17.5. The minimum absolute atomic E-state index is 0.151. The summed E-state index contributed by atoms with van der Waals surface area (Å²) in [5, 5.41) is 14.2. The fraction of sp³-hybridized carbons (Fsp3) is 0.385. The molecule has 2 aromatic heterocycles. The van der Waals surface area contributed by atoms with Gasteiger partial charge in [-0.3, -0.25) is 4.79 Å². The lowest BCUT2D eigenvalue weighted by molar-refractivity contribution is 0.0821. The van der Waals surface area contributed by atoms with Gasteiger partial charge in [0, 0.05) is 32.4 Å². The third-order valence-corrected chi connectivity index (χ3v) is 3.47. The molecule has 0 radical (unpaired) electrons. The van der Waals surface area contributed by atoms with Gasteiger partial charge in [-0.2, -0.15) is 0 Å². The standard InChI is InChI=1S/C13H17N5OS/c1-9-15-10(8-20-9)6-7-14-12-5-4-11(16-17-12)13(19)18(2)3/h4-5,8H,6-7H2,1-3H3,(H,14,17). The molecule has 0 aromatic carbocycles. The van der Waals surface area contributed by atoms with Gasteiger partial charge in [0.25, 0.3) is 5.91 Å². The Bertz CT molecular complexity index is 579. The topological polar surface area (TPSA) is 71.0 Å². The Kier molecular flexibility index (Phi) is 4.62. The maximum Gasteiger partial charge on any atom is 0.273 e. The van der Waals surface area contributed by atoms with Crippen LogP contribution < -0.4 is 5.32 Å². The second-order valence-electron chi connectivity index (χ2n) is 4.54. The van der Waals surface area contributed by atoms with Gasteiger partial charge >= 0.3 is 0 Å². The van der Waals surface area contributed by atoms with Gasteiger partial charge < -0.3 is 10.2 Å². The monoisotopic (exact) mass is 291 g/mol. The first-order valence-electron chi connectivity index (χ1n) is 6.26. The van der Waals surface area contributed by atoms with Crippen LogP contribution in [0.15, 0.2) is 17.5 Å². The van der Waals surface area contributed by atoms with E-state index < -0.39 is 0 Å². The predicted molar refractivity (Wildman–Crippen MR) is 79.1 cm³/mol. The average Bonchev–Trinajstić information content (AvgIpc) is 2.84. The molecule has 0 aliphatic heterocycles. The van der Waals surface area contributed by atoms with E-state index in [0.717, 1.165) is 23.7 Å². The number of anilines is 1. The second-order valence-corrected chi connectivity index (χ2v) is 5.60. The van der Waals surface area contributed by atoms with Gasteiger partial charge in [-0.25, -0.2) is 4.98 Å². The molecule has 6 nitrogen and oxygen atoms in total. The van der Waals surface area contributed by atoms with Crippen molar-refractivity contribution < 1.29 is 4.79 Å². The summed E-state index contributed by atoms with van der Waals surface area (Å²) in [6, 6.07) is 3.43. The molecule has 1 amide bonds. The van der Waals surface area contributed by atoms with Crippen LogP contribution in [0.2, 0.25) is 0 Å². The van der Waals surface area contributed by atoms with Crippen molar-refractivity contribution in [2.75, 3.05) is 26.0 Å². The van der Waals surface area contributed by atoms with Crippen LogP contribution in [-0.4, -0.2) is 46.6 Å². The highest BCUT2D eigenvalue weighted by atomic mass is 32.1. The van der Waals surface area contributed by atoms with E-state index in [1.807, 2.05) is 6.92 Å². The molecule has 0 spiro atoms. The van der Waals surface area contributed by atoms with E-state index in [2.05, 4.69) is 25.9 Å². The van der Waals surface area contributed by atoms with Crippen molar-refractivity contribution >= 4 is 23.1 Å². The van der Waals surface area contributed by atoms with E-state index in [-0.39, 0.29) is 5.91 Å². The van der Waals surface area contributed by atoms with Crippen LogP contribution in [0.4, 0.5) is 5.82 Å². The lowest BCUT2D eigenvalue weighted by atomic mass is 10.3. The summed E-state index contributed by atoms with van der Waals surface area (Å²) in [5.74, 6) is 0.509. The Morgan fingerprint density at radius 2 is 2.15 bits per heavy atom. The molecule has 0 aliphatic rings. The van der Waals surface area contributed by atoms with Gasteiger partial charge in [-0.05, 0) is 19.1 Å². The highest BCUT2D eigenvalue weighted by Crippen LogP contribution is 2.09. The molecule has 0 saturated heterocycles. The molecule has 20 heavy (non-hydrogen) atoms. The van der Waals surface area contributed by atoms with Crippen molar-refractivity contribution in [1.82, 2.24) is 20.1 Å². The Morgan fingerprint density at radius 3 is 2.70 bits per heavy atom. The molecule has 1 N–H and O–H groups in total. The average molecular weight is 291 g/mol. The predicted octanol–water partition coefficient (Wildman–Crippen LogP) is 1.60. The SMILES string of the molecule is Cc1nc(CCNc2ccc(C(=O)N(C)C)nn2)cs1. The van der Waals surface area contributed by atoms with E-state index in [1.54, 1.807) is 37.6 Å². The first-order valence-corrected chi connectivity index (χ1v) is 7.14. The van der Waals surface area contributed by atoms with Gasteiger partial charge in [0.1, 0.15) is 5.82 Å². The van der Waals surface area contributed by atoms with Crippen LogP contribution in [0.25, 0.3) is 0 Å². The number of nitrogens with zero attached hydrogens (tertiary/aromatic N) is 4. The smallest absolute Gasteiger partial charge is 0.273 e. The van der Waals surface area contributed by atoms with Gasteiger partial charge in [0.05, 0.1) is 10.7 Å². The largest absolute Gasteiger partial charge is 0.368 e. The molecular formula is C13H17N5OS. The first-order chi connectivity index (χ1) is 9.56. The van der Waals surface area contributed by atoms with Crippen LogP contribution in [0.5, 0.6) is 0 Å². The summed E-state index contributed by atoms with van der Waals surface area (Å²) < 4.78 is 0. The molecule has 2 heterocycles. The summed E-state index contributed by atoms with van der Waals surface area (Å²) in [5.41, 5.74) is 1.42. The van der Waals surface area contributed by atoms with Crippen molar-refractivity contribution in [2.45, 2.75) is 13.3 Å². The van der Waals surface area contributed by atoms with Crippen molar-refractivity contribution in [3.05, 3.63) is 33.9 Å². The summed E-state index contributed by atoms with van der Waals surface area (Å²) >= 11 is 1.65. The molecule has 0 atom stereocenters. The number of rotatable bonds is 5. The molecular weight excluding hydrogens is 274 g/mol. The molecule has 2 rings (SSSR count). The number of hydrogen-bond donors (Lipinski definition) is 1. The fourth-order valence-electron chi connectivity index (χ4n) is 1.61. The maximum atomic E-state index is 11.7. The molecule has 106 valence electrons. The number of amides is 1. The van der Waals surface area contributed by atoms with E-state index in [1.165, 1.54) is 4.90 Å². The molecule has 2 aromatic rings. The van der Waals surface area contributed by atoms with Crippen LogP contribution in [-0.2, 0) is 6.42 Å². The lowest BCUT2D eigenvalue weighted by Crippen LogP contribution is -2.23. The van der Waals surface area contributed by atoms with Gasteiger partial charge in [0.2, 0.25) is 0 Å². The molecule has 0 unspecified atom stereocenters. The Morgan fingerprint density at radius 1 is 1.35 bits per heavy atom. The third kappa shape index (κ3) is 3.74. The zero-order valence-electron chi connectivity index (χ0n) is 11.8. The lowest BCUT2D eigenvalue weighted by Gasteiger charge is -2.09. The Balaban J connectivity index is 1.86. The second kappa shape index (κ2) is 6.42. The molecule has 7 heteroatoms. The summed E-state index contributed by atoms with van der Waals surface area (Å²) in [7, 11) is 3.37. The zero-order valence-corrected chi connectivity index (χ0v) is 12.6. The van der Waals surface area contributed by atoms with E-state index in [4.69, 9.17) is 0 Å². The maximum absolute atomic E-state index is 11.7. The van der Waals surface area contributed by atoms with Crippen molar-refractivity contribution in [2.24, 2.45) is 0 Å². The van der Waals surface area contributed by atoms with Crippen LogP contribution in [0, 0.1) is 6.92 Å². The van der Waals surface area contributed by atoms with Gasteiger partial charge in [-0.1, -0.05) is 0 Å². The summed E-state index contributed by atoms with van der Waals surface area (Å²) in [6.45, 7) is 2.73. The third-order valence-electron chi connectivity index (χ3n) is 2.64.